The minimum Gasteiger partial charge on any atom is -0.393 e. The van der Waals surface area contributed by atoms with E-state index in [4.69, 9.17) is 6.42 Å². The predicted molar refractivity (Wildman–Crippen MR) is 91.5 cm³/mol. The van der Waals surface area contributed by atoms with Gasteiger partial charge in [0.05, 0.1) is 6.10 Å². The predicted octanol–water partition coefficient (Wildman–Crippen LogP) is 3.75. The molecule has 4 saturated carbocycles. The number of terminal acetylenes is 1. The van der Waals surface area contributed by atoms with E-state index < -0.39 is 5.60 Å². The van der Waals surface area contributed by atoms with Crippen molar-refractivity contribution in [1.82, 2.24) is 0 Å². The zero-order valence-corrected chi connectivity index (χ0v) is 14.5. The molecular weight excluding hydrogens is 284 g/mol. The van der Waals surface area contributed by atoms with Crippen LogP contribution in [0.2, 0.25) is 0 Å². The fourth-order valence-corrected chi connectivity index (χ4v) is 7.61. The lowest BCUT2D eigenvalue weighted by molar-refractivity contribution is -0.121. The third-order valence-electron chi connectivity index (χ3n) is 8.65. The standard InChI is InChI=1S/C21H32O2/c1-3-20-11-9-17-16-8-6-15(22)13-14(16)5-7-18(17)19(20)10-12-21(20,23)4-2/h2,14-19,22-23H,3,5-13H2,1H3. The van der Waals surface area contributed by atoms with E-state index in [2.05, 4.69) is 12.8 Å². The topological polar surface area (TPSA) is 40.5 Å². The highest BCUT2D eigenvalue weighted by Gasteiger charge is 2.63. The van der Waals surface area contributed by atoms with Crippen LogP contribution in [0.5, 0.6) is 0 Å². The molecule has 0 aromatic rings. The summed E-state index contributed by atoms with van der Waals surface area (Å²) in [5.74, 6) is 6.61. The van der Waals surface area contributed by atoms with Crippen molar-refractivity contribution in [2.45, 2.75) is 82.8 Å². The summed E-state index contributed by atoms with van der Waals surface area (Å²) in [6.45, 7) is 2.24. The van der Waals surface area contributed by atoms with Gasteiger partial charge in [-0.1, -0.05) is 12.8 Å². The maximum Gasteiger partial charge on any atom is 0.131 e. The Morgan fingerprint density at radius 3 is 2.52 bits per heavy atom. The lowest BCUT2D eigenvalue weighted by atomic mass is 9.48. The largest absolute Gasteiger partial charge is 0.393 e. The Labute approximate surface area is 141 Å². The third kappa shape index (κ3) is 2.09. The zero-order chi connectivity index (χ0) is 16.2. The molecule has 4 rings (SSSR count). The van der Waals surface area contributed by atoms with Crippen molar-refractivity contribution < 1.29 is 10.2 Å². The summed E-state index contributed by atoms with van der Waals surface area (Å²) < 4.78 is 0. The van der Waals surface area contributed by atoms with Crippen molar-refractivity contribution in [2.24, 2.45) is 35.0 Å². The van der Waals surface area contributed by atoms with Gasteiger partial charge in [0, 0.05) is 5.41 Å². The van der Waals surface area contributed by atoms with Crippen molar-refractivity contribution in [3.8, 4) is 12.3 Å². The molecule has 2 N–H and O–H groups in total. The van der Waals surface area contributed by atoms with Crippen LogP contribution in [0, 0.1) is 47.3 Å². The van der Waals surface area contributed by atoms with Gasteiger partial charge in [0.15, 0.2) is 0 Å². The maximum atomic E-state index is 11.1. The summed E-state index contributed by atoms with van der Waals surface area (Å²) in [5, 5.41) is 21.2. The molecule has 128 valence electrons. The molecule has 2 nitrogen and oxygen atoms in total. The molecule has 0 bridgehead atoms. The van der Waals surface area contributed by atoms with Gasteiger partial charge in [-0.3, -0.25) is 0 Å². The Kier molecular flexibility index (Phi) is 3.82. The number of fused-ring (bicyclic) bond motifs is 5. The van der Waals surface area contributed by atoms with Crippen LogP contribution >= 0.6 is 0 Å². The van der Waals surface area contributed by atoms with Crippen molar-refractivity contribution >= 4 is 0 Å². The quantitative estimate of drug-likeness (QED) is 0.723. The van der Waals surface area contributed by atoms with E-state index in [1.807, 2.05) is 0 Å². The minimum atomic E-state index is -0.864. The van der Waals surface area contributed by atoms with Crippen molar-refractivity contribution in [3.05, 3.63) is 0 Å². The maximum absolute atomic E-state index is 11.1. The van der Waals surface area contributed by atoms with Crippen LogP contribution in [0.3, 0.4) is 0 Å². The van der Waals surface area contributed by atoms with Crippen LogP contribution in [0.25, 0.3) is 0 Å². The van der Waals surface area contributed by atoms with Crippen molar-refractivity contribution in [3.63, 3.8) is 0 Å². The average molecular weight is 316 g/mol. The molecule has 2 heteroatoms. The van der Waals surface area contributed by atoms with Crippen LogP contribution in [-0.2, 0) is 0 Å². The van der Waals surface area contributed by atoms with Gasteiger partial charge in [-0.25, -0.2) is 0 Å². The molecule has 8 atom stereocenters. The van der Waals surface area contributed by atoms with E-state index in [0.717, 1.165) is 62.2 Å². The molecule has 0 aromatic carbocycles. The Morgan fingerprint density at radius 2 is 1.78 bits per heavy atom. The molecule has 23 heavy (non-hydrogen) atoms. The number of rotatable bonds is 1. The van der Waals surface area contributed by atoms with E-state index >= 15 is 0 Å². The molecule has 0 spiro atoms. The lowest BCUT2D eigenvalue weighted by Crippen LogP contribution is -2.54. The average Bonchev–Trinajstić information content (AvgIpc) is 2.88. The summed E-state index contributed by atoms with van der Waals surface area (Å²) in [7, 11) is 0. The Balaban J connectivity index is 1.62. The van der Waals surface area contributed by atoms with Gasteiger partial charge in [0.1, 0.15) is 5.60 Å². The first-order valence-corrected chi connectivity index (χ1v) is 9.93. The summed E-state index contributed by atoms with van der Waals surface area (Å²) in [6, 6.07) is 0. The van der Waals surface area contributed by atoms with Crippen LogP contribution in [0.4, 0.5) is 0 Å². The summed E-state index contributed by atoms with van der Waals surface area (Å²) in [5.41, 5.74) is -0.888. The molecule has 8 unspecified atom stereocenters. The van der Waals surface area contributed by atoms with Gasteiger partial charge in [-0.2, -0.15) is 0 Å². The molecule has 0 heterocycles. The molecule has 0 aromatic heterocycles. The van der Waals surface area contributed by atoms with Crippen LogP contribution < -0.4 is 0 Å². The van der Waals surface area contributed by atoms with Gasteiger partial charge in [0.25, 0.3) is 0 Å². The number of aliphatic hydroxyl groups is 2. The first-order chi connectivity index (χ1) is 11.0. The Hall–Kier alpha value is -0.520. The highest BCUT2D eigenvalue weighted by molar-refractivity contribution is 5.24. The molecule has 0 amide bonds. The Bertz CT molecular complexity index is 508. The van der Waals surface area contributed by atoms with Gasteiger partial charge in [-0.05, 0) is 93.8 Å². The molecule has 4 aliphatic rings. The summed E-state index contributed by atoms with van der Waals surface area (Å²) >= 11 is 0. The second kappa shape index (κ2) is 5.50. The van der Waals surface area contributed by atoms with Crippen molar-refractivity contribution in [1.29, 1.82) is 0 Å². The monoisotopic (exact) mass is 316 g/mol. The Morgan fingerprint density at radius 1 is 1.00 bits per heavy atom. The molecule has 4 fully saturated rings. The number of hydrogen-bond donors (Lipinski definition) is 2. The van der Waals surface area contributed by atoms with Gasteiger partial charge in [-0.15, -0.1) is 6.42 Å². The molecule has 4 aliphatic carbocycles. The summed E-state index contributed by atoms with van der Waals surface area (Å²) in [6.07, 6.45) is 16.9. The lowest BCUT2D eigenvalue weighted by Gasteiger charge is -2.57. The van der Waals surface area contributed by atoms with E-state index in [1.165, 1.54) is 25.7 Å². The van der Waals surface area contributed by atoms with Gasteiger partial charge < -0.3 is 10.2 Å². The SMILES string of the molecule is C#CC1(O)CCC2C3CCC4CC(O)CCC4C3CCC21CC. The normalized spacial score (nSPS) is 55.4. The fourth-order valence-electron chi connectivity index (χ4n) is 7.61. The minimum absolute atomic E-state index is 0.0239. The third-order valence-corrected chi connectivity index (χ3v) is 8.65. The second-order valence-corrected chi connectivity index (χ2v) is 8.99. The van der Waals surface area contributed by atoms with E-state index in [1.54, 1.807) is 0 Å². The molecule has 0 saturated heterocycles. The van der Waals surface area contributed by atoms with Crippen LogP contribution in [0.15, 0.2) is 0 Å². The molecule has 0 radical (unpaired) electrons. The zero-order valence-electron chi connectivity index (χ0n) is 14.5. The highest BCUT2D eigenvalue weighted by atomic mass is 16.3. The fraction of sp³-hybridized carbons (Fsp3) is 0.905. The molecular formula is C21H32O2. The summed E-state index contributed by atoms with van der Waals surface area (Å²) in [4.78, 5) is 0. The highest BCUT2D eigenvalue weighted by Crippen LogP contribution is 2.66. The second-order valence-electron chi connectivity index (χ2n) is 8.99. The number of aliphatic hydroxyl groups excluding tert-OH is 1. The van der Waals surface area contributed by atoms with Crippen molar-refractivity contribution in [2.75, 3.05) is 0 Å². The van der Waals surface area contributed by atoms with Gasteiger partial charge >= 0.3 is 0 Å². The van der Waals surface area contributed by atoms with E-state index in [-0.39, 0.29) is 11.5 Å². The van der Waals surface area contributed by atoms with E-state index in [9.17, 15) is 10.2 Å². The van der Waals surface area contributed by atoms with Crippen LogP contribution in [0.1, 0.15) is 71.1 Å². The first kappa shape index (κ1) is 16.0. The first-order valence-electron chi connectivity index (χ1n) is 9.93. The smallest absolute Gasteiger partial charge is 0.131 e. The van der Waals surface area contributed by atoms with Crippen LogP contribution in [-0.4, -0.2) is 21.9 Å². The van der Waals surface area contributed by atoms with Gasteiger partial charge in [0.2, 0.25) is 0 Å². The number of hydrogen-bond acceptors (Lipinski definition) is 2. The van der Waals surface area contributed by atoms with E-state index in [0.29, 0.717) is 5.92 Å². The molecule has 0 aliphatic heterocycles.